The Hall–Kier alpha value is -2.29. The second-order valence-corrected chi connectivity index (χ2v) is 9.06. The molecule has 0 unspecified atom stereocenters. The average Bonchev–Trinajstić information content (AvgIpc) is 3.46. The van der Waals surface area contributed by atoms with Gasteiger partial charge in [0.05, 0.1) is 17.3 Å². The third-order valence-electron chi connectivity index (χ3n) is 6.36. The standard InChI is InChI=1S/C29H42N2O/c1-2-3-4-5-6-7-8-9-10-11-12-13-14-17-24-31-28-21-16-15-20-27(28)30-29(31)23-22-26-19-18-25-32-26/h15-16,18-23,25H,2-14,17,24H2,1H3/b23-22+. The largest absolute Gasteiger partial charge is 0.465 e. The van der Waals surface area contributed by atoms with E-state index in [-0.39, 0.29) is 0 Å². The molecule has 32 heavy (non-hydrogen) atoms. The molecule has 0 aliphatic carbocycles. The third-order valence-corrected chi connectivity index (χ3v) is 6.36. The smallest absolute Gasteiger partial charge is 0.133 e. The maximum absolute atomic E-state index is 5.43. The van der Waals surface area contributed by atoms with E-state index in [0.717, 1.165) is 23.6 Å². The van der Waals surface area contributed by atoms with Gasteiger partial charge in [0.2, 0.25) is 0 Å². The fourth-order valence-electron chi connectivity index (χ4n) is 4.46. The van der Waals surface area contributed by atoms with Crippen LogP contribution >= 0.6 is 0 Å². The molecule has 0 N–H and O–H groups in total. The number of benzene rings is 1. The summed E-state index contributed by atoms with van der Waals surface area (Å²) in [6.45, 7) is 3.31. The molecule has 0 amide bonds. The highest BCUT2D eigenvalue weighted by Crippen LogP contribution is 2.20. The molecule has 1 aromatic carbocycles. The average molecular weight is 435 g/mol. The van der Waals surface area contributed by atoms with Crippen LogP contribution in [-0.4, -0.2) is 9.55 Å². The minimum absolute atomic E-state index is 0.861. The molecule has 3 rings (SSSR count). The van der Waals surface area contributed by atoms with Gasteiger partial charge in [0, 0.05) is 6.54 Å². The summed E-state index contributed by atoms with van der Waals surface area (Å²) in [6.07, 6.45) is 25.2. The number of nitrogens with zero attached hydrogens (tertiary/aromatic N) is 2. The Morgan fingerprint density at radius 1 is 0.719 bits per heavy atom. The topological polar surface area (TPSA) is 31.0 Å². The molecular formula is C29H42N2O. The minimum Gasteiger partial charge on any atom is -0.465 e. The predicted molar refractivity (Wildman–Crippen MR) is 138 cm³/mol. The molecule has 2 aromatic heterocycles. The van der Waals surface area contributed by atoms with E-state index in [1.807, 2.05) is 18.2 Å². The maximum Gasteiger partial charge on any atom is 0.133 e. The van der Waals surface area contributed by atoms with Crippen molar-refractivity contribution in [1.82, 2.24) is 9.55 Å². The second kappa shape index (κ2) is 14.7. The highest BCUT2D eigenvalue weighted by molar-refractivity contribution is 5.79. The highest BCUT2D eigenvalue weighted by atomic mass is 16.3. The summed E-state index contributed by atoms with van der Waals surface area (Å²) in [5.74, 6) is 1.87. The molecule has 0 saturated carbocycles. The monoisotopic (exact) mass is 434 g/mol. The van der Waals surface area contributed by atoms with E-state index in [1.54, 1.807) is 6.26 Å². The Labute approximate surface area is 194 Å². The van der Waals surface area contributed by atoms with Crippen molar-refractivity contribution >= 4 is 23.2 Å². The van der Waals surface area contributed by atoms with Gasteiger partial charge >= 0.3 is 0 Å². The summed E-state index contributed by atoms with van der Waals surface area (Å²) >= 11 is 0. The minimum atomic E-state index is 0.861. The van der Waals surface area contributed by atoms with Gasteiger partial charge in [0.25, 0.3) is 0 Å². The van der Waals surface area contributed by atoms with Crippen LogP contribution in [0, 0.1) is 0 Å². The maximum atomic E-state index is 5.43. The Kier molecular flexibility index (Phi) is 11.2. The molecule has 3 nitrogen and oxygen atoms in total. The van der Waals surface area contributed by atoms with Crippen LogP contribution in [0.3, 0.4) is 0 Å². The molecule has 2 heterocycles. The Bertz CT molecular complexity index is 891. The molecular weight excluding hydrogens is 392 g/mol. The van der Waals surface area contributed by atoms with Gasteiger partial charge < -0.3 is 8.98 Å². The van der Waals surface area contributed by atoms with E-state index < -0.39 is 0 Å². The molecule has 3 aromatic rings. The molecule has 0 radical (unpaired) electrons. The molecule has 3 heteroatoms. The quantitative estimate of drug-likeness (QED) is 0.198. The first kappa shape index (κ1) is 24.4. The van der Waals surface area contributed by atoms with Gasteiger partial charge in [0.1, 0.15) is 11.6 Å². The zero-order chi connectivity index (χ0) is 22.3. The molecule has 0 aliphatic rings. The fourth-order valence-corrected chi connectivity index (χ4v) is 4.46. The van der Waals surface area contributed by atoms with Crippen LogP contribution in [0.4, 0.5) is 0 Å². The summed E-state index contributed by atoms with van der Waals surface area (Å²) in [5, 5.41) is 0. The number of para-hydroxylation sites is 2. The van der Waals surface area contributed by atoms with Crippen LogP contribution in [0.1, 0.15) is 108 Å². The number of fused-ring (bicyclic) bond motifs is 1. The number of rotatable bonds is 17. The SMILES string of the molecule is CCCCCCCCCCCCCCCCn1c(/C=C/c2ccco2)nc2ccccc21. The van der Waals surface area contributed by atoms with Crippen LogP contribution < -0.4 is 0 Å². The summed E-state index contributed by atoms with van der Waals surface area (Å²) < 4.78 is 7.79. The first-order valence-corrected chi connectivity index (χ1v) is 13.1. The van der Waals surface area contributed by atoms with Crippen molar-refractivity contribution < 1.29 is 4.42 Å². The summed E-state index contributed by atoms with van der Waals surface area (Å²) in [6, 6.07) is 12.3. The van der Waals surface area contributed by atoms with Crippen LogP contribution in [0.25, 0.3) is 23.2 Å². The van der Waals surface area contributed by atoms with E-state index >= 15 is 0 Å². The number of unbranched alkanes of at least 4 members (excludes halogenated alkanes) is 13. The Morgan fingerprint density at radius 2 is 1.34 bits per heavy atom. The fraction of sp³-hybridized carbons (Fsp3) is 0.552. The number of imidazole rings is 1. The lowest BCUT2D eigenvalue weighted by Gasteiger charge is -2.07. The van der Waals surface area contributed by atoms with Gasteiger partial charge in [-0.3, -0.25) is 0 Å². The molecule has 174 valence electrons. The van der Waals surface area contributed by atoms with Crippen molar-refractivity contribution in [3.63, 3.8) is 0 Å². The predicted octanol–water partition coefficient (Wildman–Crippen LogP) is 9.28. The van der Waals surface area contributed by atoms with Crippen molar-refractivity contribution in [2.45, 2.75) is 103 Å². The van der Waals surface area contributed by atoms with Crippen LogP contribution in [0.5, 0.6) is 0 Å². The summed E-state index contributed by atoms with van der Waals surface area (Å²) in [4.78, 5) is 4.83. The van der Waals surface area contributed by atoms with Gasteiger partial charge in [-0.05, 0) is 42.8 Å². The number of aryl methyl sites for hydroxylation is 1. The van der Waals surface area contributed by atoms with Crippen molar-refractivity contribution in [3.05, 3.63) is 54.2 Å². The third kappa shape index (κ3) is 8.33. The van der Waals surface area contributed by atoms with Crippen LogP contribution in [0.15, 0.2) is 47.1 Å². The zero-order valence-electron chi connectivity index (χ0n) is 20.1. The molecule has 0 spiro atoms. The first-order valence-electron chi connectivity index (χ1n) is 13.1. The molecule has 0 aliphatic heterocycles. The number of hydrogen-bond donors (Lipinski definition) is 0. The van der Waals surface area contributed by atoms with Crippen molar-refractivity contribution in [2.24, 2.45) is 0 Å². The molecule has 0 bridgehead atoms. The van der Waals surface area contributed by atoms with Gasteiger partial charge in [-0.25, -0.2) is 4.98 Å². The highest BCUT2D eigenvalue weighted by Gasteiger charge is 2.08. The van der Waals surface area contributed by atoms with Gasteiger partial charge in [-0.2, -0.15) is 0 Å². The molecule has 0 atom stereocenters. The lowest BCUT2D eigenvalue weighted by atomic mass is 10.0. The lowest BCUT2D eigenvalue weighted by Crippen LogP contribution is -2.00. The molecule has 0 saturated heterocycles. The summed E-state index contributed by atoms with van der Waals surface area (Å²) in [5.41, 5.74) is 2.29. The summed E-state index contributed by atoms with van der Waals surface area (Å²) in [7, 11) is 0. The van der Waals surface area contributed by atoms with Crippen LogP contribution in [-0.2, 0) is 6.54 Å². The number of furan rings is 1. The van der Waals surface area contributed by atoms with Crippen LogP contribution in [0.2, 0.25) is 0 Å². The first-order chi connectivity index (χ1) is 15.9. The molecule has 0 fully saturated rings. The Morgan fingerprint density at radius 3 is 1.97 bits per heavy atom. The second-order valence-electron chi connectivity index (χ2n) is 9.06. The van der Waals surface area contributed by atoms with E-state index in [0.29, 0.717) is 0 Å². The van der Waals surface area contributed by atoms with Gasteiger partial charge in [-0.1, -0.05) is 103 Å². The normalized spacial score (nSPS) is 11.8. The van der Waals surface area contributed by atoms with Crippen molar-refractivity contribution in [3.8, 4) is 0 Å². The number of aromatic nitrogens is 2. The number of hydrogen-bond acceptors (Lipinski definition) is 2. The van der Waals surface area contributed by atoms with E-state index in [4.69, 9.17) is 9.40 Å². The zero-order valence-corrected chi connectivity index (χ0v) is 20.1. The van der Waals surface area contributed by atoms with E-state index in [1.165, 1.54) is 95.4 Å². The van der Waals surface area contributed by atoms with Crippen molar-refractivity contribution in [2.75, 3.05) is 0 Å². The van der Waals surface area contributed by atoms with Gasteiger partial charge in [0.15, 0.2) is 0 Å². The Balaban J connectivity index is 1.32. The van der Waals surface area contributed by atoms with Gasteiger partial charge in [-0.15, -0.1) is 0 Å². The van der Waals surface area contributed by atoms with E-state index in [9.17, 15) is 0 Å². The lowest BCUT2D eigenvalue weighted by molar-refractivity contribution is 0.525. The van der Waals surface area contributed by atoms with E-state index in [2.05, 4.69) is 41.8 Å². The van der Waals surface area contributed by atoms with Crippen molar-refractivity contribution in [1.29, 1.82) is 0 Å².